The minimum absolute atomic E-state index is 0.0803. The number of anilines is 2. The van der Waals surface area contributed by atoms with Crippen LogP contribution in [-0.4, -0.2) is 51.9 Å². The van der Waals surface area contributed by atoms with Crippen molar-refractivity contribution in [3.05, 3.63) is 101 Å². The highest BCUT2D eigenvalue weighted by atomic mass is 35.5. The molecule has 2 amide bonds. The van der Waals surface area contributed by atoms with Crippen LogP contribution in [0.4, 0.5) is 11.4 Å². The van der Waals surface area contributed by atoms with Gasteiger partial charge in [-0.15, -0.1) is 23.2 Å². The van der Waals surface area contributed by atoms with Gasteiger partial charge in [-0.2, -0.15) is 0 Å². The van der Waals surface area contributed by atoms with Crippen molar-refractivity contribution in [2.24, 2.45) is 0 Å². The van der Waals surface area contributed by atoms with E-state index in [2.05, 4.69) is 4.98 Å². The molecule has 0 bridgehead atoms. The number of halogens is 2. The molecule has 0 spiro atoms. The summed E-state index contributed by atoms with van der Waals surface area (Å²) >= 11 is 12.7. The van der Waals surface area contributed by atoms with Crippen LogP contribution in [0.15, 0.2) is 79.1 Å². The fourth-order valence-electron chi connectivity index (χ4n) is 6.48. The molecule has 5 aromatic rings. The van der Waals surface area contributed by atoms with Gasteiger partial charge < -0.3 is 20.0 Å². The highest BCUT2D eigenvalue weighted by Gasteiger charge is 2.37. The summed E-state index contributed by atoms with van der Waals surface area (Å²) in [5.74, 6) is -0.155. The van der Waals surface area contributed by atoms with Crippen molar-refractivity contribution in [3.8, 4) is 11.5 Å². The summed E-state index contributed by atoms with van der Waals surface area (Å²) in [6, 6.07) is 19.8. The lowest BCUT2D eigenvalue weighted by atomic mass is 9.95. The van der Waals surface area contributed by atoms with Crippen molar-refractivity contribution in [1.82, 2.24) is 4.98 Å². The molecule has 2 aliphatic heterocycles. The van der Waals surface area contributed by atoms with E-state index in [-0.39, 0.29) is 46.3 Å². The van der Waals surface area contributed by atoms with Crippen molar-refractivity contribution < 1.29 is 19.8 Å². The average molecular weight is 598 g/mol. The second-order valence-corrected chi connectivity index (χ2v) is 11.4. The van der Waals surface area contributed by atoms with Gasteiger partial charge in [0.15, 0.2) is 0 Å². The first-order valence-electron chi connectivity index (χ1n) is 13.6. The number of aromatic nitrogens is 1. The molecular weight excluding hydrogens is 573 g/mol. The Labute approximate surface area is 251 Å². The number of carbonyl (C=O) groups excluding carboxylic acids is 2. The van der Waals surface area contributed by atoms with E-state index in [0.717, 1.165) is 21.9 Å². The van der Waals surface area contributed by atoms with Crippen LogP contribution < -0.4 is 9.80 Å². The Balaban J connectivity index is 1.25. The second-order valence-electron chi connectivity index (χ2n) is 10.7. The van der Waals surface area contributed by atoms with Gasteiger partial charge in [0, 0.05) is 72.0 Å². The molecule has 0 saturated heterocycles. The molecule has 9 heteroatoms. The van der Waals surface area contributed by atoms with Crippen molar-refractivity contribution >= 4 is 67.9 Å². The van der Waals surface area contributed by atoms with E-state index in [0.29, 0.717) is 47.0 Å². The zero-order valence-electron chi connectivity index (χ0n) is 22.3. The van der Waals surface area contributed by atoms with Crippen LogP contribution in [0.2, 0.25) is 0 Å². The number of carbonyl (C=O) groups is 2. The number of amides is 2. The third-order valence-electron chi connectivity index (χ3n) is 8.38. The van der Waals surface area contributed by atoms with E-state index in [1.165, 1.54) is 12.4 Å². The number of alkyl halides is 2. The summed E-state index contributed by atoms with van der Waals surface area (Å²) in [5, 5.41) is 24.6. The van der Waals surface area contributed by atoms with Gasteiger partial charge in [0.2, 0.25) is 0 Å². The van der Waals surface area contributed by atoms with Gasteiger partial charge in [-0.1, -0.05) is 48.5 Å². The first-order chi connectivity index (χ1) is 20.4. The van der Waals surface area contributed by atoms with E-state index >= 15 is 0 Å². The van der Waals surface area contributed by atoms with Gasteiger partial charge >= 0.3 is 0 Å². The number of nitrogens with zero attached hydrogens (tertiary/aromatic N) is 3. The van der Waals surface area contributed by atoms with Gasteiger partial charge in [0.25, 0.3) is 11.8 Å². The number of rotatable bonds is 4. The van der Waals surface area contributed by atoms with Crippen molar-refractivity contribution in [1.29, 1.82) is 0 Å². The maximum atomic E-state index is 13.9. The Hall–Kier alpha value is -4.33. The number of aromatic hydroxyl groups is 2. The third-order valence-corrected chi connectivity index (χ3v) is 9.13. The van der Waals surface area contributed by atoms with Crippen LogP contribution in [0, 0.1) is 0 Å². The van der Waals surface area contributed by atoms with Crippen LogP contribution in [0.3, 0.4) is 0 Å². The summed E-state index contributed by atoms with van der Waals surface area (Å²) in [6.07, 6.45) is 2.87. The molecule has 2 aliphatic rings. The molecule has 42 heavy (non-hydrogen) atoms. The fraction of sp³-hybridized carbons (Fsp3) is 0.182. The first-order valence-corrected chi connectivity index (χ1v) is 14.7. The number of pyridine rings is 1. The monoisotopic (exact) mass is 597 g/mol. The molecule has 0 fully saturated rings. The van der Waals surface area contributed by atoms with Crippen LogP contribution in [0.1, 0.15) is 43.7 Å². The van der Waals surface area contributed by atoms with Crippen LogP contribution >= 0.6 is 23.2 Å². The predicted molar refractivity (Wildman–Crippen MR) is 166 cm³/mol. The first kappa shape index (κ1) is 26.6. The summed E-state index contributed by atoms with van der Waals surface area (Å²) in [4.78, 5) is 35.2. The van der Waals surface area contributed by atoms with Gasteiger partial charge in [0.05, 0.1) is 22.5 Å². The number of hydrogen-bond donors (Lipinski definition) is 2. The maximum absolute atomic E-state index is 13.9. The standard InChI is InChI=1S/C33H25Cl2N3O4/c34-12-20-16-37(26-10-28(39)22-5-1-3-7-24(22)30(20)26)32(41)18-9-19(15-36-14-18)33(42)38-17-21(13-35)31-25-8-4-2-6-23(25)29(40)11-27(31)38/h1-11,14-15,20-21,39-40H,12-13,16-17H2/t20-,21-/m1/s1. The molecule has 0 saturated carbocycles. The molecule has 7 nitrogen and oxygen atoms in total. The van der Waals surface area contributed by atoms with E-state index in [1.54, 1.807) is 28.0 Å². The Kier molecular flexibility index (Phi) is 6.44. The Bertz CT molecular complexity index is 1790. The maximum Gasteiger partial charge on any atom is 0.259 e. The lowest BCUT2D eigenvalue weighted by molar-refractivity contribution is 0.0987. The summed E-state index contributed by atoms with van der Waals surface area (Å²) in [5.41, 5.74) is 3.51. The van der Waals surface area contributed by atoms with E-state index < -0.39 is 0 Å². The van der Waals surface area contributed by atoms with Crippen LogP contribution in [0.25, 0.3) is 21.5 Å². The molecule has 4 aromatic carbocycles. The largest absolute Gasteiger partial charge is 0.507 e. The molecule has 0 aliphatic carbocycles. The summed E-state index contributed by atoms with van der Waals surface area (Å²) in [7, 11) is 0. The highest BCUT2D eigenvalue weighted by Crippen LogP contribution is 2.47. The molecule has 3 heterocycles. The third kappa shape index (κ3) is 3.99. The Morgan fingerprint density at radius 1 is 0.690 bits per heavy atom. The number of fused-ring (bicyclic) bond motifs is 6. The minimum Gasteiger partial charge on any atom is -0.507 e. The van der Waals surface area contributed by atoms with E-state index in [1.807, 2.05) is 48.5 Å². The van der Waals surface area contributed by atoms with Crippen LogP contribution in [-0.2, 0) is 0 Å². The predicted octanol–water partition coefficient (Wildman–Crippen LogP) is 6.76. The van der Waals surface area contributed by atoms with E-state index in [9.17, 15) is 19.8 Å². The SMILES string of the molecule is O=C(c1cncc(C(=O)N2C[C@@H](CCl)c3c2cc(O)c2ccccc32)c1)N1C[C@@H](CCl)c2c1cc(O)c1ccccc21. The summed E-state index contributed by atoms with van der Waals surface area (Å²) in [6.45, 7) is 0.680. The molecule has 0 unspecified atom stereocenters. The smallest absolute Gasteiger partial charge is 0.259 e. The highest BCUT2D eigenvalue weighted by molar-refractivity contribution is 6.20. The van der Waals surface area contributed by atoms with Gasteiger partial charge in [0.1, 0.15) is 11.5 Å². The van der Waals surface area contributed by atoms with Crippen molar-refractivity contribution in [3.63, 3.8) is 0 Å². The van der Waals surface area contributed by atoms with Gasteiger partial charge in [-0.25, -0.2) is 0 Å². The minimum atomic E-state index is -0.343. The normalized spacial score (nSPS) is 17.6. The molecule has 1 aromatic heterocycles. The number of phenols is 2. The Morgan fingerprint density at radius 2 is 1.10 bits per heavy atom. The molecule has 2 N–H and O–H groups in total. The Morgan fingerprint density at radius 3 is 1.50 bits per heavy atom. The zero-order valence-corrected chi connectivity index (χ0v) is 23.8. The second kappa shape index (κ2) is 10.2. The topological polar surface area (TPSA) is 94.0 Å². The number of hydrogen-bond acceptors (Lipinski definition) is 5. The van der Waals surface area contributed by atoms with Crippen LogP contribution in [0.5, 0.6) is 11.5 Å². The average Bonchev–Trinajstić information content (AvgIpc) is 3.59. The lowest BCUT2D eigenvalue weighted by Gasteiger charge is -2.20. The van der Waals surface area contributed by atoms with Crippen molar-refractivity contribution in [2.45, 2.75) is 11.8 Å². The van der Waals surface area contributed by atoms with E-state index in [4.69, 9.17) is 23.2 Å². The molecule has 210 valence electrons. The quantitative estimate of drug-likeness (QED) is 0.223. The summed E-state index contributed by atoms with van der Waals surface area (Å²) < 4.78 is 0. The van der Waals surface area contributed by atoms with Crippen molar-refractivity contribution in [2.75, 3.05) is 34.6 Å². The fourth-order valence-corrected chi connectivity index (χ4v) is 6.98. The zero-order chi connectivity index (χ0) is 29.1. The van der Waals surface area contributed by atoms with Gasteiger partial charge in [-0.3, -0.25) is 14.6 Å². The number of benzene rings is 4. The molecular formula is C33H25Cl2N3O4. The molecule has 0 radical (unpaired) electrons. The molecule has 7 rings (SSSR count). The van der Waals surface area contributed by atoms with Gasteiger partial charge in [-0.05, 0) is 28.0 Å². The lowest BCUT2D eigenvalue weighted by Crippen LogP contribution is -2.32. The molecule has 2 atom stereocenters. The number of phenolic OH excluding ortho intramolecular Hbond substituents is 2.